The fourth-order valence-corrected chi connectivity index (χ4v) is 6.50. The van der Waals surface area contributed by atoms with Crippen LogP contribution in [0.3, 0.4) is 0 Å². The van der Waals surface area contributed by atoms with Crippen molar-refractivity contribution in [1.29, 1.82) is 0 Å². The van der Waals surface area contributed by atoms with E-state index in [0.717, 1.165) is 17.7 Å². The lowest BCUT2D eigenvalue weighted by Crippen LogP contribution is -2.46. The molecule has 0 N–H and O–H groups in total. The van der Waals surface area contributed by atoms with Gasteiger partial charge in [-0.25, -0.2) is 19.3 Å². The smallest absolute Gasteiger partial charge is 0.267 e. The normalized spacial score (nSPS) is 16.4. The predicted octanol–water partition coefficient (Wildman–Crippen LogP) is 5.37. The average Bonchev–Trinajstić information content (AvgIpc) is 3.53. The summed E-state index contributed by atoms with van der Waals surface area (Å²) in [7, 11) is 3.38. The van der Waals surface area contributed by atoms with E-state index in [1.165, 1.54) is 23.0 Å². The summed E-state index contributed by atoms with van der Waals surface area (Å²) in [6.45, 7) is 1.43. The highest BCUT2D eigenvalue weighted by atomic mass is 35.5. The van der Waals surface area contributed by atoms with Crippen molar-refractivity contribution in [1.82, 2.24) is 24.4 Å². The van der Waals surface area contributed by atoms with Crippen LogP contribution in [0.4, 0.5) is 16.0 Å². The molecule has 10 nitrogen and oxygen atoms in total. The molecule has 1 unspecified atom stereocenters. The van der Waals surface area contributed by atoms with Gasteiger partial charge in [-0.15, -0.1) is 0 Å². The standard InChI is InChI=1S/C33H29ClFN7O3/c1-39-19-40(17-20-11-13-23(45-2)14-12-20)30-28(32(39)43)31(37-18-36-30)41-15-5-10-26(41)29-38-25-9-4-8-24(34)27(25)33(44)42(29)22-7-3-6-21(35)16-22/h3-4,6-9,11-14,16,18,26H,5,10,15,17,19H2,1-2H3. The van der Waals surface area contributed by atoms with Crippen LogP contribution >= 0.6 is 11.6 Å². The minimum absolute atomic E-state index is 0.196. The Hall–Kier alpha value is -5.03. The Bertz CT molecular complexity index is 2000. The quantitative estimate of drug-likeness (QED) is 0.249. The molecule has 1 atom stereocenters. The molecule has 0 radical (unpaired) electrons. The maximum Gasteiger partial charge on any atom is 0.267 e. The Labute approximate surface area is 263 Å². The van der Waals surface area contributed by atoms with Gasteiger partial charge in [0.25, 0.3) is 11.5 Å². The highest BCUT2D eigenvalue weighted by Gasteiger charge is 2.38. The van der Waals surface area contributed by atoms with Gasteiger partial charge < -0.3 is 19.4 Å². The van der Waals surface area contributed by atoms with Crippen LogP contribution in [0.1, 0.15) is 40.6 Å². The molecular formula is C33H29ClFN7O3. The number of methoxy groups -OCH3 is 1. The molecule has 5 aromatic rings. The first kappa shape index (κ1) is 28.7. The molecule has 2 aliphatic heterocycles. The molecule has 4 heterocycles. The summed E-state index contributed by atoms with van der Waals surface area (Å²) in [5.74, 6) is 1.49. The first-order valence-corrected chi connectivity index (χ1v) is 14.9. The minimum Gasteiger partial charge on any atom is -0.497 e. The van der Waals surface area contributed by atoms with Gasteiger partial charge in [0.15, 0.2) is 0 Å². The van der Waals surface area contributed by atoms with Crippen LogP contribution in [-0.4, -0.2) is 57.7 Å². The Kier molecular flexibility index (Phi) is 7.33. The van der Waals surface area contributed by atoms with Crippen LogP contribution < -0.4 is 20.1 Å². The lowest BCUT2D eigenvalue weighted by atomic mass is 10.1. The number of amides is 1. The first-order valence-electron chi connectivity index (χ1n) is 14.6. The van der Waals surface area contributed by atoms with E-state index < -0.39 is 17.4 Å². The molecule has 2 aliphatic rings. The average molecular weight is 626 g/mol. The fourth-order valence-electron chi connectivity index (χ4n) is 6.25. The Morgan fingerprint density at radius 1 is 1.02 bits per heavy atom. The van der Waals surface area contributed by atoms with Crippen LogP contribution in [0.5, 0.6) is 5.75 Å². The third-order valence-electron chi connectivity index (χ3n) is 8.34. The lowest BCUT2D eigenvalue weighted by Gasteiger charge is -2.37. The van der Waals surface area contributed by atoms with E-state index in [1.807, 2.05) is 34.1 Å². The summed E-state index contributed by atoms with van der Waals surface area (Å²) < 4.78 is 21.2. The highest BCUT2D eigenvalue weighted by Crippen LogP contribution is 2.40. The molecule has 0 saturated carbocycles. The summed E-state index contributed by atoms with van der Waals surface area (Å²) in [6, 6.07) is 18.3. The van der Waals surface area contributed by atoms with E-state index in [1.54, 1.807) is 49.4 Å². The fraction of sp³-hybridized carbons (Fsp3) is 0.242. The van der Waals surface area contributed by atoms with Crippen molar-refractivity contribution in [2.45, 2.75) is 25.4 Å². The molecule has 0 spiro atoms. The van der Waals surface area contributed by atoms with Gasteiger partial charge in [-0.3, -0.25) is 14.2 Å². The van der Waals surface area contributed by atoms with Crippen molar-refractivity contribution in [3.63, 3.8) is 0 Å². The molecular weight excluding hydrogens is 597 g/mol. The third kappa shape index (κ3) is 5.02. The number of benzene rings is 3. The minimum atomic E-state index is -0.483. The van der Waals surface area contributed by atoms with Crippen molar-refractivity contribution in [2.75, 3.05) is 37.2 Å². The molecule has 1 fully saturated rings. The third-order valence-corrected chi connectivity index (χ3v) is 8.66. The van der Waals surface area contributed by atoms with Crippen LogP contribution in [0.25, 0.3) is 16.6 Å². The zero-order valence-corrected chi connectivity index (χ0v) is 25.4. The lowest BCUT2D eigenvalue weighted by molar-refractivity contribution is 0.0780. The van der Waals surface area contributed by atoms with Gasteiger partial charge in [-0.1, -0.05) is 35.9 Å². The van der Waals surface area contributed by atoms with Gasteiger partial charge >= 0.3 is 0 Å². The molecule has 45 heavy (non-hydrogen) atoms. The number of hydrogen-bond donors (Lipinski definition) is 0. The van der Waals surface area contributed by atoms with E-state index >= 15 is 0 Å². The van der Waals surface area contributed by atoms with Crippen molar-refractivity contribution >= 4 is 40.0 Å². The van der Waals surface area contributed by atoms with Gasteiger partial charge in [-0.05, 0) is 60.9 Å². The Morgan fingerprint density at radius 2 is 1.80 bits per heavy atom. The summed E-state index contributed by atoms with van der Waals surface area (Å²) in [5.41, 5.74) is 1.79. The van der Waals surface area contributed by atoms with E-state index in [-0.39, 0.29) is 16.3 Å². The highest BCUT2D eigenvalue weighted by molar-refractivity contribution is 6.35. The number of anilines is 2. The maximum atomic E-state index is 14.5. The molecule has 0 bridgehead atoms. The molecule has 228 valence electrons. The SMILES string of the molecule is COc1ccc(CN2CN(C)C(=O)c3c2ncnc3N2CCCC2c2nc3cccc(Cl)c3c(=O)n2-c2cccc(F)c2)cc1. The van der Waals surface area contributed by atoms with Crippen molar-refractivity contribution < 1.29 is 13.9 Å². The summed E-state index contributed by atoms with van der Waals surface area (Å²) in [6.07, 6.45) is 2.86. The number of fused-ring (bicyclic) bond motifs is 2. The number of ether oxygens (including phenoxy) is 1. The predicted molar refractivity (Wildman–Crippen MR) is 170 cm³/mol. The zero-order valence-electron chi connectivity index (χ0n) is 24.7. The van der Waals surface area contributed by atoms with E-state index in [2.05, 4.69) is 9.97 Å². The van der Waals surface area contributed by atoms with E-state index in [9.17, 15) is 14.0 Å². The number of carbonyl (C=O) groups excluding carboxylic acids is 1. The van der Waals surface area contributed by atoms with Gasteiger partial charge in [-0.2, -0.15) is 0 Å². The maximum absolute atomic E-state index is 14.5. The number of carbonyl (C=O) groups is 1. The van der Waals surface area contributed by atoms with Crippen molar-refractivity contribution in [2.24, 2.45) is 0 Å². The molecule has 1 amide bonds. The van der Waals surface area contributed by atoms with Gasteiger partial charge in [0.2, 0.25) is 0 Å². The topological polar surface area (TPSA) is 96.7 Å². The largest absolute Gasteiger partial charge is 0.497 e. The molecule has 2 aromatic heterocycles. The van der Waals surface area contributed by atoms with Gasteiger partial charge in [0.1, 0.15) is 40.9 Å². The summed E-state index contributed by atoms with van der Waals surface area (Å²) in [4.78, 5) is 47.7. The molecule has 0 aliphatic carbocycles. The molecule has 7 rings (SSSR count). The summed E-state index contributed by atoms with van der Waals surface area (Å²) in [5, 5.41) is 0.516. The Balaban J connectivity index is 1.36. The van der Waals surface area contributed by atoms with Gasteiger partial charge in [0.05, 0.1) is 41.4 Å². The van der Waals surface area contributed by atoms with Crippen LogP contribution in [0.2, 0.25) is 5.02 Å². The van der Waals surface area contributed by atoms with E-state index in [4.69, 9.17) is 21.3 Å². The molecule has 1 saturated heterocycles. The van der Waals surface area contributed by atoms with Crippen LogP contribution in [-0.2, 0) is 6.54 Å². The number of nitrogens with zero attached hydrogens (tertiary/aromatic N) is 7. The number of hydrogen-bond acceptors (Lipinski definition) is 8. The van der Waals surface area contributed by atoms with Crippen molar-refractivity contribution in [3.8, 4) is 11.4 Å². The summed E-state index contributed by atoms with van der Waals surface area (Å²) >= 11 is 6.48. The molecule has 3 aromatic carbocycles. The second-order valence-corrected chi connectivity index (χ2v) is 11.6. The van der Waals surface area contributed by atoms with Crippen LogP contribution in [0.15, 0.2) is 77.9 Å². The second-order valence-electron chi connectivity index (χ2n) is 11.2. The number of aromatic nitrogens is 4. The monoisotopic (exact) mass is 625 g/mol. The zero-order chi connectivity index (χ0) is 31.2. The van der Waals surface area contributed by atoms with Crippen LogP contribution in [0, 0.1) is 5.82 Å². The number of halogens is 2. The van der Waals surface area contributed by atoms with Crippen molar-refractivity contribution in [3.05, 3.63) is 111 Å². The van der Waals surface area contributed by atoms with E-state index in [0.29, 0.717) is 60.4 Å². The number of rotatable bonds is 6. The second kappa shape index (κ2) is 11.5. The Morgan fingerprint density at radius 3 is 2.58 bits per heavy atom. The van der Waals surface area contributed by atoms with Gasteiger partial charge in [0, 0.05) is 20.1 Å². The molecule has 12 heteroatoms. The first-order chi connectivity index (χ1) is 21.8.